The molecule has 0 atom stereocenters. The Morgan fingerprint density at radius 1 is 1.24 bits per heavy atom. The first-order valence-electron chi connectivity index (χ1n) is 4.99. The summed E-state index contributed by atoms with van der Waals surface area (Å²) in [6.45, 7) is 2.57. The van der Waals surface area contributed by atoms with E-state index in [1.165, 1.54) is 17.0 Å². The Morgan fingerprint density at radius 2 is 2.00 bits per heavy atom. The first-order valence-corrected chi connectivity index (χ1v) is 7.39. The van der Waals surface area contributed by atoms with E-state index in [2.05, 4.69) is 37.2 Å². The molecule has 0 saturated heterocycles. The minimum absolute atomic E-state index is 0.207. The van der Waals surface area contributed by atoms with E-state index in [-0.39, 0.29) is 5.82 Å². The van der Waals surface area contributed by atoms with Crippen LogP contribution in [-0.2, 0) is 6.54 Å². The quantitative estimate of drug-likeness (QED) is 0.760. The van der Waals surface area contributed by atoms with E-state index in [0.717, 1.165) is 19.5 Å². The SMILES string of the molecule is Cc1cc(F)cc(NCc2cc(Br)c(Br)s2)c1. The highest BCUT2D eigenvalue weighted by atomic mass is 79.9. The van der Waals surface area contributed by atoms with Crippen molar-refractivity contribution in [2.45, 2.75) is 13.5 Å². The largest absolute Gasteiger partial charge is 0.380 e. The number of rotatable bonds is 3. The molecule has 1 aromatic carbocycles. The summed E-state index contributed by atoms with van der Waals surface area (Å²) in [6, 6.07) is 7.00. The van der Waals surface area contributed by atoms with Gasteiger partial charge in [0.15, 0.2) is 0 Å². The minimum Gasteiger partial charge on any atom is -0.380 e. The molecule has 0 amide bonds. The minimum atomic E-state index is -0.207. The Hall–Kier alpha value is -0.390. The smallest absolute Gasteiger partial charge is 0.125 e. The highest BCUT2D eigenvalue weighted by molar-refractivity contribution is 9.13. The van der Waals surface area contributed by atoms with Gasteiger partial charge in [-0.05, 0) is 68.6 Å². The zero-order chi connectivity index (χ0) is 12.4. The molecular formula is C12H10Br2FNS. The Kier molecular flexibility index (Phi) is 4.22. The number of aryl methyl sites for hydroxylation is 1. The average molecular weight is 379 g/mol. The van der Waals surface area contributed by atoms with Crippen molar-refractivity contribution in [1.29, 1.82) is 0 Å². The maximum absolute atomic E-state index is 13.2. The average Bonchev–Trinajstić information content (AvgIpc) is 2.54. The lowest BCUT2D eigenvalue weighted by Crippen LogP contribution is -1.98. The van der Waals surface area contributed by atoms with Crippen LogP contribution in [0.3, 0.4) is 0 Å². The van der Waals surface area contributed by atoms with E-state index in [0.29, 0.717) is 6.54 Å². The van der Waals surface area contributed by atoms with Crippen molar-refractivity contribution in [2.75, 3.05) is 5.32 Å². The van der Waals surface area contributed by atoms with Crippen LogP contribution in [0, 0.1) is 12.7 Å². The lowest BCUT2D eigenvalue weighted by atomic mass is 10.2. The van der Waals surface area contributed by atoms with Crippen LogP contribution in [0.15, 0.2) is 32.5 Å². The molecule has 2 aromatic rings. The number of hydrogen-bond donors (Lipinski definition) is 1. The van der Waals surface area contributed by atoms with Crippen molar-refractivity contribution >= 4 is 48.9 Å². The van der Waals surface area contributed by atoms with Gasteiger partial charge in [0.1, 0.15) is 5.82 Å². The van der Waals surface area contributed by atoms with Crippen LogP contribution in [-0.4, -0.2) is 0 Å². The van der Waals surface area contributed by atoms with Gasteiger partial charge in [-0.2, -0.15) is 0 Å². The van der Waals surface area contributed by atoms with Gasteiger partial charge in [0.25, 0.3) is 0 Å². The van der Waals surface area contributed by atoms with Gasteiger partial charge in [0.2, 0.25) is 0 Å². The molecule has 1 N–H and O–H groups in total. The van der Waals surface area contributed by atoms with Gasteiger partial charge in [0.05, 0.1) is 3.79 Å². The fraction of sp³-hybridized carbons (Fsp3) is 0.167. The van der Waals surface area contributed by atoms with Gasteiger partial charge < -0.3 is 5.32 Å². The monoisotopic (exact) mass is 377 g/mol. The third kappa shape index (κ3) is 3.53. The molecule has 0 aliphatic heterocycles. The predicted octanol–water partition coefficient (Wildman–Crippen LogP) is 5.33. The first-order chi connectivity index (χ1) is 8.04. The molecule has 5 heteroatoms. The van der Waals surface area contributed by atoms with E-state index in [1.54, 1.807) is 11.3 Å². The second-order valence-corrected chi connectivity index (χ2v) is 7.01. The summed E-state index contributed by atoms with van der Waals surface area (Å²) in [5.74, 6) is -0.207. The Labute approximate surface area is 120 Å². The molecule has 0 unspecified atom stereocenters. The van der Waals surface area contributed by atoms with Gasteiger partial charge in [-0.1, -0.05) is 0 Å². The van der Waals surface area contributed by atoms with Crippen LogP contribution in [0.1, 0.15) is 10.4 Å². The molecular weight excluding hydrogens is 369 g/mol. The van der Waals surface area contributed by atoms with Crippen LogP contribution in [0.25, 0.3) is 0 Å². The second kappa shape index (κ2) is 5.50. The van der Waals surface area contributed by atoms with Crippen LogP contribution >= 0.6 is 43.2 Å². The highest BCUT2D eigenvalue weighted by Gasteiger charge is 2.04. The van der Waals surface area contributed by atoms with E-state index < -0.39 is 0 Å². The fourth-order valence-corrected chi connectivity index (χ4v) is 3.62. The molecule has 0 radical (unpaired) electrons. The van der Waals surface area contributed by atoms with Crippen LogP contribution < -0.4 is 5.32 Å². The Morgan fingerprint density at radius 3 is 2.59 bits per heavy atom. The van der Waals surface area contributed by atoms with Crippen LogP contribution in [0.2, 0.25) is 0 Å². The third-order valence-corrected chi connectivity index (χ3v) is 5.46. The van der Waals surface area contributed by atoms with E-state index in [1.807, 2.05) is 19.1 Å². The van der Waals surface area contributed by atoms with Gasteiger partial charge in [-0.25, -0.2) is 4.39 Å². The molecule has 90 valence electrons. The Balaban J connectivity index is 2.07. The lowest BCUT2D eigenvalue weighted by Gasteiger charge is -2.06. The molecule has 1 heterocycles. The summed E-state index contributed by atoms with van der Waals surface area (Å²) in [4.78, 5) is 1.19. The molecule has 17 heavy (non-hydrogen) atoms. The van der Waals surface area contributed by atoms with E-state index in [9.17, 15) is 4.39 Å². The van der Waals surface area contributed by atoms with Crippen LogP contribution in [0.4, 0.5) is 10.1 Å². The van der Waals surface area contributed by atoms with Crippen molar-refractivity contribution in [3.05, 3.63) is 48.8 Å². The first kappa shape index (κ1) is 13.1. The lowest BCUT2D eigenvalue weighted by molar-refractivity contribution is 0.627. The standard InChI is InChI=1S/C12H10Br2FNS/c1-7-2-8(15)4-9(3-7)16-6-10-5-11(13)12(14)17-10/h2-5,16H,6H2,1H3. The second-order valence-electron chi connectivity index (χ2n) is 3.71. The molecule has 0 aliphatic rings. The summed E-state index contributed by atoms with van der Waals surface area (Å²) >= 11 is 8.55. The maximum Gasteiger partial charge on any atom is 0.125 e. The molecule has 0 aliphatic carbocycles. The summed E-state index contributed by atoms with van der Waals surface area (Å²) in [7, 11) is 0. The fourth-order valence-electron chi connectivity index (χ4n) is 1.51. The summed E-state index contributed by atoms with van der Waals surface area (Å²) in [5, 5.41) is 3.21. The number of halogens is 3. The van der Waals surface area contributed by atoms with Crippen molar-refractivity contribution in [3.63, 3.8) is 0 Å². The number of nitrogens with one attached hydrogen (secondary N) is 1. The summed E-state index contributed by atoms with van der Waals surface area (Å²) in [5.41, 5.74) is 1.73. The van der Waals surface area contributed by atoms with Gasteiger partial charge in [-0.15, -0.1) is 11.3 Å². The zero-order valence-electron chi connectivity index (χ0n) is 9.06. The number of thiophene rings is 1. The van der Waals surface area contributed by atoms with Crippen LogP contribution in [0.5, 0.6) is 0 Å². The molecule has 2 rings (SSSR count). The van der Waals surface area contributed by atoms with Gasteiger partial charge in [-0.3, -0.25) is 0 Å². The van der Waals surface area contributed by atoms with E-state index in [4.69, 9.17) is 0 Å². The summed E-state index contributed by atoms with van der Waals surface area (Å²) < 4.78 is 15.3. The molecule has 1 nitrogen and oxygen atoms in total. The number of anilines is 1. The summed E-state index contributed by atoms with van der Waals surface area (Å²) in [6.07, 6.45) is 0. The molecule has 1 aromatic heterocycles. The van der Waals surface area contributed by atoms with Crippen molar-refractivity contribution in [1.82, 2.24) is 0 Å². The van der Waals surface area contributed by atoms with Crippen molar-refractivity contribution in [3.8, 4) is 0 Å². The number of hydrogen-bond acceptors (Lipinski definition) is 2. The maximum atomic E-state index is 13.2. The predicted molar refractivity (Wildman–Crippen MR) is 78.2 cm³/mol. The van der Waals surface area contributed by atoms with Gasteiger partial charge >= 0.3 is 0 Å². The Bertz CT molecular complexity index is 500. The molecule has 0 saturated carbocycles. The van der Waals surface area contributed by atoms with Crippen molar-refractivity contribution < 1.29 is 4.39 Å². The van der Waals surface area contributed by atoms with Gasteiger partial charge in [0, 0.05) is 21.6 Å². The van der Waals surface area contributed by atoms with E-state index >= 15 is 0 Å². The molecule has 0 fully saturated rings. The zero-order valence-corrected chi connectivity index (χ0v) is 13.0. The highest BCUT2D eigenvalue weighted by Crippen LogP contribution is 2.32. The number of benzene rings is 1. The third-order valence-electron chi connectivity index (χ3n) is 2.21. The van der Waals surface area contributed by atoms with Crippen molar-refractivity contribution in [2.24, 2.45) is 0 Å². The normalized spacial score (nSPS) is 10.6. The molecule has 0 bridgehead atoms. The molecule has 0 spiro atoms. The topological polar surface area (TPSA) is 12.0 Å².